The van der Waals surface area contributed by atoms with Crippen LogP contribution in [0.4, 0.5) is 5.69 Å². The zero-order chi connectivity index (χ0) is 19.9. The smallest absolute Gasteiger partial charge is 0.253 e. The summed E-state index contributed by atoms with van der Waals surface area (Å²) in [6.07, 6.45) is 0.0794. The van der Waals surface area contributed by atoms with E-state index in [9.17, 15) is 9.59 Å². The van der Waals surface area contributed by atoms with Gasteiger partial charge in [-0.1, -0.05) is 23.7 Å². The molecule has 0 unspecified atom stereocenters. The van der Waals surface area contributed by atoms with Crippen molar-refractivity contribution in [1.82, 2.24) is 5.32 Å². The van der Waals surface area contributed by atoms with Crippen LogP contribution in [-0.4, -0.2) is 45.3 Å². The van der Waals surface area contributed by atoms with Crippen molar-refractivity contribution in [3.8, 4) is 11.5 Å². The molecule has 0 atom stereocenters. The fourth-order valence-electron chi connectivity index (χ4n) is 2.80. The van der Waals surface area contributed by atoms with E-state index in [1.807, 2.05) is 0 Å². The molecule has 0 saturated heterocycles. The summed E-state index contributed by atoms with van der Waals surface area (Å²) in [7, 11) is 1.56. The molecule has 1 aliphatic heterocycles. The van der Waals surface area contributed by atoms with Gasteiger partial charge in [0, 0.05) is 13.7 Å². The molecule has 7 nitrogen and oxygen atoms in total. The maximum atomic E-state index is 12.5. The Morgan fingerprint density at radius 1 is 1.18 bits per heavy atom. The van der Waals surface area contributed by atoms with Crippen LogP contribution < -0.4 is 20.1 Å². The van der Waals surface area contributed by atoms with Gasteiger partial charge in [0.1, 0.15) is 13.2 Å². The lowest BCUT2D eigenvalue weighted by Gasteiger charge is -2.20. The van der Waals surface area contributed by atoms with Crippen molar-refractivity contribution < 1.29 is 23.8 Å². The van der Waals surface area contributed by atoms with Crippen LogP contribution in [0.5, 0.6) is 11.5 Å². The van der Waals surface area contributed by atoms with E-state index in [4.69, 9.17) is 25.8 Å². The number of nitrogens with one attached hydrogen (secondary N) is 2. The maximum absolute atomic E-state index is 12.5. The van der Waals surface area contributed by atoms with E-state index >= 15 is 0 Å². The van der Waals surface area contributed by atoms with Crippen molar-refractivity contribution in [1.29, 1.82) is 0 Å². The van der Waals surface area contributed by atoms with Crippen molar-refractivity contribution in [2.24, 2.45) is 0 Å². The Labute approximate surface area is 167 Å². The Morgan fingerprint density at radius 2 is 1.96 bits per heavy atom. The first-order valence-corrected chi connectivity index (χ1v) is 9.20. The topological polar surface area (TPSA) is 85.9 Å². The van der Waals surface area contributed by atoms with Gasteiger partial charge in [-0.15, -0.1) is 0 Å². The number of carbonyl (C=O) groups is 2. The van der Waals surface area contributed by atoms with Gasteiger partial charge in [0.25, 0.3) is 5.91 Å². The summed E-state index contributed by atoms with van der Waals surface area (Å²) in [4.78, 5) is 24.8. The number of halogens is 1. The lowest BCUT2D eigenvalue weighted by atomic mass is 10.1. The highest BCUT2D eigenvalue weighted by Gasteiger charge is 2.18. The molecule has 8 heteroatoms. The van der Waals surface area contributed by atoms with Gasteiger partial charge >= 0.3 is 0 Å². The molecule has 3 rings (SSSR count). The average molecular weight is 405 g/mol. The van der Waals surface area contributed by atoms with Crippen LogP contribution in [0.2, 0.25) is 5.02 Å². The number of hydrogen-bond donors (Lipinski definition) is 2. The normalized spacial score (nSPS) is 12.4. The number of hydrogen-bond acceptors (Lipinski definition) is 5. The molecule has 0 spiro atoms. The number of para-hydroxylation sites is 1. The number of rotatable bonds is 7. The van der Waals surface area contributed by atoms with Gasteiger partial charge in [0.05, 0.1) is 29.3 Å². The van der Waals surface area contributed by atoms with E-state index < -0.39 is 0 Å². The lowest BCUT2D eigenvalue weighted by Crippen LogP contribution is -2.28. The van der Waals surface area contributed by atoms with Crippen molar-refractivity contribution in [3.05, 3.63) is 52.5 Å². The van der Waals surface area contributed by atoms with Crippen LogP contribution in [0.25, 0.3) is 0 Å². The second-order valence-electron chi connectivity index (χ2n) is 6.12. The molecule has 148 valence electrons. The minimum absolute atomic E-state index is 0.0794. The molecule has 2 aromatic carbocycles. The van der Waals surface area contributed by atoms with Gasteiger partial charge in [-0.25, -0.2) is 0 Å². The molecular weight excluding hydrogens is 384 g/mol. The molecule has 1 aliphatic rings. The largest absolute Gasteiger partial charge is 0.486 e. The first kappa shape index (κ1) is 20.0. The maximum Gasteiger partial charge on any atom is 0.253 e. The number of amides is 2. The van der Waals surface area contributed by atoms with Gasteiger partial charge in [-0.2, -0.15) is 0 Å². The second-order valence-corrected chi connectivity index (χ2v) is 6.53. The minimum Gasteiger partial charge on any atom is -0.486 e. The third-order valence-electron chi connectivity index (χ3n) is 4.06. The zero-order valence-electron chi connectivity index (χ0n) is 15.4. The summed E-state index contributed by atoms with van der Waals surface area (Å²) in [6, 6.07) is 10.2. The van der Waals surface area contributed by atoms with Crippen LogP contribution in [0, 0.1) is 0 Å². The molecule has 0 bridgehead atoms. The molecule has 0 aliphatic carbocycles. The standard InChI is InChI=1S/C20H21ClN2O5/c1-26-7-6-22-20(25)14-4-2-3-5-16(14)23-18(24)12-13-10-15(21)19-17(11-13)27-8-9-28-19/h2-5,10-11H,6-9,12H2,1H3,(H,22,25)(H,23,24). The highest BCUT2D eigenvalue weighted by atomic mass is 35.5. The second kappa shape index (κ2) is 9.43. The Hall–Kier alpha value is -2.77. The van der Waals surface area contributed by atoms with Crippen molar-refractivity contribution >= 4 is 29.1 Å². The fourth-order valence-corrected chi connectivity index (χ4v) is 3.09. The summed E-state index contributed by atoms with van der Waals surface area (Å²) in [5.41, 5.74) is 1.51. The first-order chi connectivity index (χ1) is 13.6. The number of benzene rings is 2. The van der Waals surface area contributed by atoms with Crippen LogP contribution in [0.3, 0.4) is 0 Å². The van der Waals surface area contributed by atoms with Crippen molar-refractivity contribution in [2.75, 3.05) is 38.8 Å². The summed E-state index contributed by atoms with van der Waals surface area (Å²) in [5, 5.41) is 5.93. The Balaban J connectivity index is 1.69. The van der Waals surface area contributed by atoms with Gasteiger partial charge in [-0.3, -0.25) is 9.59 Å². The summed E-state index contributed by atoms with van der Waals surface area (Å²) in [6.45, 7) is 1.67. The molecule has 28 heavy (non-hydrogen) atoms. The molecule has 2 amide bonds. The highest BCUT2D eigenvalue weighted by molar-refractivity contribution is 6.32. The van der Waals surface area contributed by atoms with E-state index in [1.54, 1.807) is 43.5 Å². The van der Waals surface area contributed by atoms with E-state index in [-0.39, 0.29) is 18.2 Å². The zero-order valence-corrected chi connectivity index (χ0v) is 16.2. The Kier molecular flexibility index (Phi) is 6.73. The molecular formula is C20H21ClN2O5. The average Bonchev–Trinajstić information content (AvgIpc) is 2.68. The van der Waals surface area contributed by atoms with Gasteiger partial charge in [0.2, 0.25) is 5.91 Å². The molecule has 0 fully saturated rings. The number of anilines is 1. The quantitative estimate of drug-likeness (QED) is 0.693. The number of methoxy groups -OCH3 is 1. The number of carbonyl (C=O) groups excluding carboxylic acids is 2. The highest BCUT2D eigenvalue weighted by Crippen LogP contribution is 2.38. The van der Waals surface area contributed by atoms with E-state index in [2.05, 4.69) is 10.6 Å². The van der Waals surface area contributed by atoms with Gasteiger partial charge < -0.3 is 24.8 Å². The molecule has 2 N–H and O–H groups in total. The minimum atomic E-state index is -0.282. The van der Waals surface area contributed by atoms with Crippen LogP contribution in [0.15, 0.2) is 36.4 Å². The lowest BCUT2D eigenvalue weighted by molar-refractivity contribution is -0.115. The molecule has 0 aromatic heterocycles. The van der Waals surface area contributed by atoms with E-state index in [0.29, 0.717) is 59.7 Å². The fraction of sp³-hybridized carbons (Fsp3) is 0.300. The summed E-state index contributed by atoms with van der Waals surface area (Å²) < 4.78 is 15.9. The summed E-state index contributed by atoms with van der Waals surface area (Å²) in [5.74, 6) is 0.467. The number of ether oxygens (including phenoxy) is 3. The molecule has 0 saturated carbocycles. The predicted octanol–water partition coefficient (Wildman–Crippen LogP) is 2.67. The van der Waals surface area contributed by atoms with Crippen LogP contribution in [0.1, 0.15) is 15.9 Å². The van der Waals surface area contributed by atoms with E-state index in [1.165, 1.54) is 0 Å². The third-order valence-corrected chi connectivity index (χ3v) is 4.34. The third kappa shape index (κ3) is 4.94. The Morgan fingerprint density at radius 3 is 2.79 bits per heavy atom. The summed E-state index contributed by atoms with van der Waals surface area (Å²) >= 11 is 6.22. The molecule has 2 aromatic rings. The first-order valence-electron chi connectivity index (χ1n) is 8.82. The van der Waals surface area contributed by atoms with Crippen molar-refractivity contribution in [3.63, 3.8) is 0 Å². The van der Waals surface area contributed by atoms with Gasteiger partial charge in [0.15, 0.2) is 11.5 Å². The predicted molar refractivity (Wildman–Crippen MR) is 105 cm³/mol. The molecule has 1 heterocycles. The Bertz CT molecular complexity index is 872. The molecule has 0 radical (unpaired) electrons. The monoisotopic (exact) mass is 404 g/mol. The SMILES string of the molecule is COCCNC(=O)c1ccccc1NC(=O)Cc1cc(Cl)c2c(c1)OCCO2. The van der Waals surface area contributed by atoms with E-state index in [0.717, 1.165) is 0 Å². The van der Waals surface area contributed by atoms with Crippen LogP contribution >= 0.6 is 11.6 Å². The van der Waals surface area contributed by atoms with Crippen molar-refractivity contribution in [2.45, 2.75) is 6.42 Å². The number of fused-ring (bicyclic) bond motifs is 1. The van der Waals surface area contributed by atoms with Crippen LogP contribution in [-0.2, 0) is 16.0 Å². The van der Waals surface area contributed by atoms with Gasteiger partial charge in [-0.05, 0) is 29.8 Å².